The molecule has 2 rings (SSSR count). The summed E-state index contributed by atoms with van der Waals surface area (Å²) in [7, 11) is 0. The number of carbonyl (C=O) groups is 2. The number of carbonyl (C=O) groups excluding carboxylic acids is 2. The first-order valence-electron chi connectivity index (χ1n) is 7.31. The zero-order valence-electron chi connectivity index (χ0n) is 12.9. The van der Waals surface area contributed by atoms with Crippen LogP contribution in [0.3, 0.4) is 0 Å². The molecule has 0 radical (unpaired) electrons. The molecule has 1 aromatic carbocycles. The second-order valence-corrected chi connectivity index (χ2v) is 6.32. The molecule has 5 nitrogen and oxygen atoms in total. The summed E-state index contributed by atoms with van der Waals surface area (Å²) in [6, 6.07) is 7.61. The Bertz CT molecular complexity index is 535. The highest BCUT2D eigenvalue weighted by Gasteiger charge is 2.23. The molecule has 0 atom stereocenters. The molecule has 1 aliphatic rings. The van der Waals surface area contributed by atoms with Gasteiger partial charge in [0.2, 0.25) is 11.8 Å². The predicted molar refractivity (Wildman–Crippen MR) is 84.4 cm³/mol. The van der Waals surface area contributed by atoms with Crippen molar-refractivity contribution >= 4 is 23.2 Å². The Labute approximate surface area is 125 Å². The number of hydrogen-bond acceptors (Lipinski definition) is 3. The van der Waals surface area contributed by atoms with Gasteiger partial charge in [0.25, 0.3) is 0 Å². The van der Waals surface area contributed by atoms with Crippen molar-refractivity contribution in [3.63, 3.8) is 0 Å². The van der Waals surface area contributed by atoms with Crippen LogP contribution in [0.4, 0.5) is 11.4 Å². The van der Waals surface area contributed by atoms with Crippen molar-refractivity contribution in [3.8, 4) is 0 Å². The van der Waals surface area contributed by atoms with Crippen LogP contribution in [0.5, 0.6) is 0 Å². The number of anilines is 2. The number of nitrogens with zero attached hydrogens (tertiary/aromatic N) is 1. The summed E-state index contributed by atoms with van der Waals surface area (Å²) >= 11 is 0. The van der Waals surface area contributed by atoms with Gasteiger partial charge in [-0.3, -0.25) is 9.59 Å². The zero-order valence-corrected chi connectivity index (χ0v) is 12.9. The Morgan fingerprint density at radius 3 is 2.62 bits per heavy atom. The fraction of sp³-hybridized carbons (Fsp3) is 0.500. The third-order valence-corrected chi connectivity index (χ3v) is 3.22. The molecule has 1 aromatic rings. The highest BCUT2D eigenvalue weighted by Crippen LogP contribution is 2.29. The van der Waals surface area contributed by atoms with Crippen molar-refractivity contribution < 1.29 is 9.59 Å². The van der Waals surface area contributed by atoms with Gasteiger partial charge in [-0.25, -0.2) is 0 Å². The second kappa shape index (κ2) is 6.16. The maximum Gasteiger partial charge on any atom is 0.239 e. The van der Waals surface area contributed by atoms with Crippen LogP contribution in [0, 0.1) is 0 Å². The number of rotatable bonds is 4. The van der Waals surface area contributed by atoms with E-state index in [1.807, 2.05) is 45.0 Å². The van der Waals surface area contributed by atoms with Crippen LogP contribution in [0.2, 0.25) is 0 Å². The molecule has 5 heteroatoms. The molecule has 114 valence electrons. The van der Waals surface area contributed by atoms with E-state index in [1.54, 1.807) is 4.90 Å². The molecule has 0 unspecified atom stereocenters. The van der Waals surface area contributed by atoms with Crippen LogP contribution in [0.15, 0.2) is 24.3 Å². The van der Waals surface area contributed by atoms with Crippen molar-refractivity contribution in [1.29, 1.82) is 0 Å². The van der Waals surface area contributed by atoms with Crippen molar-refractivity contribution in [2.45, 2.75) is 39.2 Å². The van der Waals surface area contributed by atoms with Crippen LogP contribution in [0.25, 0.3) is 0 Å². The van der Waals surface area contributed by atoms with E-state index in [0.717, 1.165) is 24.3 Å². The number of hydrogen-bond donors (Lipinski definition) is 2. The lowest BCUT2D eigenvalue weighted by Crippen LogP contribution is -2.43. The fourth-order valence-electron chi connectivity index (χ4n) is 2.40. The van der Waals surface area contributed by atoms with E-state index in [4.69, 9.17) is 0 Å². The quantitative estimate of drug-likeness (QED) is 0.892. The standard InChI is InChI=1S/C16H23N3O2/c1-16(2,3)18-14(20)11-17-12-7-4-5-8-13(12)19-10-6-9-15(19)21/h4-5,7-8,17H,6,9-11H2,1-3H3,(H,18,20). The normalized spacial score (nSPS) is 15.2. The highest BCUT2D eigenvalue weighted by atomic mass is 16.2. The van der Waals surface area contributed by atoms with Crippen molar-refractivity contribution in [2.75, 3.05) is 23.3 Å². The maximum absolute atomic E-state index is 11.9. The molecule has 0 spiro atoms. The molecule has 2 amide bonds. The Morgan fingerprint density at radius 1 is 1.29 bits per heavy atom. The van der Waals surface area contributed by atoms with Gasteiger partial charge in [-0.15, -0.1) is 0 Å². The first kappa shape index (κ1) is 15.4. The maximum atomic E-state index is 11.9. The smallest absolute Gasteiger partial charge is 0.239 e. The number of nitrogens with one attached hydrogen (secondary N) is 2. The minimum atomic E-state index is -0.247. The van der Waals surface area contributed by atoms with E-state index in [0.29, 0.717) is 6.42 Å². The van der Waals surface area contributed by atoms with E-state index < -0.39 is 0 Å². The van der Waals surface area contributed by atoms with Crippen LogP contribution in [-0.4, -0.2) is 30.4 Å². The zero-order chi connectivity index (χ0) is 15.5. The monoisotopic (exact) mass is 289 g/mol. The van der Waals surface area contributed by atoms with E-state index >= 15 is 0 Å². The van der Waals surface area contributed by atoms with Gasteiger partial charge in [0.05, 0.1) is 17.9 Å². The van der Waals surface area contributed by atoms with Crippen LogP contribution in [0.1, 0.15) is 33.6 Å². The predicted octanol–water partition coefficient (Wildman–Crippen LogP) is 2.14. The van der Waals surface area contributed by atoms with Crippen LogP contribution >= 0.6 is 0 Å². The average Bonchev–Trinajstić information content (AvgIpc) is 2.81. The molecular weight excluding hydrogens is 266 g/mol. The summed E-state index contributed by atoms with van der Waals surface area (Å²) in [6.07, 6.45) is 1.48. The lowest BCUT2D eigenvalue weighted by atomic mass is 10.1. The van der Waals surface area contributed by atoms with Gasteiger partial charge in [0.15, 0.2) is 0 Å². The summed E-state index contributed by atoms with van der Waals surface area (Å²) in [4.78, 5) is 25.5. The van der Waals surface area contributed by atoms with Crippen LogP contribution in [-0.2, 0) is 9.59 Å². The highest BCUT2D eigenvalue weighted by molar-refractivity contribution is 5.98. The average molecular weight is 289 g/mol. The molecule has 0 aliphatic carbocycles. The molecule has 1 fully saturated rings. The van der Waals surface area contributed by atoms with Gasteiger partial charge in [0.1, 0.15) is 0 Å². The van der Waals surface area contributed by atoms with E-state index in [1.165, 1.54) is 0 Å². The van der Waals surface area contributed by atoms with Gasteiger partial charge >= 0.3 is 0 Å². The molecule has 0 bridgehead atoms. The molecular formula is C16H23N3O2. The summed E-state index contributed by atoms with van der Waals surface area (Å²) in [6.45, 7) is 6.77. The topological polar surface area (TPSA) is 61.4 Å². The largest absolute Gasteiger partial charge is 0.374 e. The summed E-state index contributed by atoms with van der Waals surface area (Å²) in [5.74, 6) is 0.0773. The van der Waals surface area contributed by atoms with E-state index in [-0.39, 0.29) is 23.9 Å². The minimum Gasteiger partial charge on any atom is -0.374 e. The van der Waals surface area contributed by atoms with Crippen molar-refractivity contribution in [3.05, 3.63) is 24.3 Å². The number of para-hydroxylation sites is 2. The molecule has 2 N–H and O–H groups in total. The Hall–Kier alpha value is -2.04. The summed E-state index contributed by atoms with van der Waals surface area (Å²) in [5, 5.41) is 6.03. The molecule has 0 saturated carbocycles. The third-order valence-electron chi connectivity index (χ3n) is 3.22. The third kappa shape index (κ3) is 4.21. The second-order valence-electron chi connectivity index (χ2n) is 6.32. The van der Waals surface area contributed by atoms with Crippen molar-refractivity contribution in [2.24, 2.45) is 0 Å². The summed E-state index contributed by atoms with van der Waals surface area (Å²) < 4.78 is 0. The molecule has 1 aliphatic heterocycles. The molecule has 21 heavy (non-hydrogen) atoms. The lowest BCUT2D eigenvalue weighted by molar-refractivity contribution is -0.120. The number of benzene rings is 1. The Kier molecular flexibility index (Phi) is 4.50. The summed E-state index contributed by atoms with van der Waals surface area (Å²) in [5.41, 5.74) is 1.42. The molecule has 1 saturated heterocycles. The first-order valence-corrected chi connectivity index (χ1v) is 7.31. The Balaban J connectivity index is 2.04. The van der Waals surface area contributed by atoms with Crippen molar-refractivity contribution in [1.82, 2.24) is 5.32 Å². The molecule has 1 heterocycles. The van der Waals surface area contributed by atoms with Gasteiger partial charge in [-0.05, 0) is 39.3 Å². The first-order chi connectivity index (χ1) is 9.87. The SMILES string of the molecule is CC(C)(C)NC(=O)CNc1ccccc1N1CCCC1=O. The minimum absolute atomic E-state index is 0.0648. The van der Waals surface area contributed by atoms with Gasteiger partial charge in [0, 0.05) is 18.5 Å². The molecule has 0 aromatic heterocycles. The lowest BCUT2D eigenvalue weighted by Gasteiger charge is -2.22. The van der Waals surface area contributed by atoms with E-state index in [9.17, 15) is 9.59 Å². The van der Waals surface area contributed by atoms with Gasteiger partial charge < -0.3 is 15.5 Å². The van der Waals surface area contributed by atoms with Crippen LogP contribution < -0.4 is 15.5 Å². The Morgan fingerprint density at radius 2 is 2.00 bits per heavy atom. The van der Waals surface area contributed by atoms with Gasteiger partial charge in [-0.2, -0.15) is 0 Å². The van der Waals surface area contributed by atoms with E-state index in [2.05, 4.69) is 10.6 Å². The fourth-order valence-corrected chi connectivity index (χ4v) is 2.40. The van der Waals surface area contributed by atoms with Gasteiger partial charge in [-0.1, -0.05) is 12.1 Å². The number of amides is 2.